The number of carbonyl (C=O) groups is 1. The Bertz CT molecular complexity index is 1310. The highest BCUT2D eigenvalue weighted by molar-refractivity contribution is 5.75. The lowest BCUT2D eigenvalue weighted by Gasteiger charge is -2.08. The third-order valence-electron chi connectivity index (χ3n) is 5.42. The molecule has 0 atom stereocenters. The molecule has 0 saturated heterocycles. The van der Waals surface area contributed by atoms with Gasteiger partial charge in [0.25, 0.3) is 0 Å². The molecule has 9 nitrogen and oxygen atoms in total. The van der Waals surface area contributed by atoms with E-state index >= 15 is 0 Å². The average Bonchev–Trinajstić information content (AvgIpc) is 3.28. The SMILES string of the molecule is CCOc1ccc(-n2ccn3c(CCCC(=O)NCc4ccc(OC)cc4)nnc3c2=O)cc1. The maximum absolute atomic E-state index is 12.9. The number of hydrogen-bond donors (Lipinski definition) is 1. The largest absolute Gasteiger partial charge is 0.497 e. The lowest BCUT2D eigenvalue weighted by molar-refractivity contribution is -0.121. The molecule has 0 spiro atoms. The van der Waals surface area contributed by atoms with Crippen LogP contribution in [0.25, 0.3) is 11.3 Å². The van der Waals surface area contributed by atoms with Gasteiger partial charge in [-0.25, -0.2) is 0 Å². The first-order valence-corrected chi connectivity index (χ1v) is 11.2. The molecule has 34 heavy (non-hydrogen) atoms. The minimum absolute atomic E-state index is 0.0394. The molecule has 0 fully saturated rings. The van der Waals surface area contributed by atoms with Crippen LogP contribution in [0.2, 0.25) is 0 Å². The van der Waals surface area contributed by atoms with Crippen molar-refractivity contribution in [2.24, 2.45) is 0 Å². The first kappa shape index (κ1) is 23.0. The first-order valence-electron chi connectivity index (χ1n) is 11.2. The van der Waals surface area contributed by atoms with E-state index in [0.717, 1.165) is 17.1 Å². The number of methoxy groups -OCH3 is 1. The monoisotopic (exact) mass is 461 g/mol. The van der Waals surface area contributed by atoms with Gasteiger partial charge in [0.1, 0.15) is 17.3 Å². The van der Waals surface area contributed by atoms with Gasteiger partial charge in [-0.3, -0.25) is 18.6 Å². The molecule has 2 aromatic carbocycles. The van der Waals surface area contributed by atoms with Crippen molar-refractivity contribution >= 4 is 11.6 Å². The Hall–Kier alpha value is -4.14. The highest BCUT2D eigenvalue weighted by atomic mass is 16.5. The Labute approximate surface area is 197 Å². The molecule has 0 aliphatic carbocycles. The van der Waals surface area contributed by atoms with E-state index in [2.05, 4.69) is 15.5 Å². The predicted octanol–water partition coefficient (Wildman–Crippen LogP) is 2.93. The fraction of sp³-hybridized carbons (Fsp3) is 0.280. The van der Waals surface area contributed by atoms with Gasteiger partial charge in [-0.15, -0.1) is 10.2 Å². The molecule has 1 amide bonds. The van der Waals surface area contributed by atoms with Crippen molar-refractivity contribution in [1.82, 2.24) is 24.5 Å². The zero-order valence-corrected chi connectivity index (χ0v) is 19.2. The first-order chi connectivity index (χ1) is 16.6. The summed E-state index contributed by atoms with van der Waals surface area (Å²) in [7, 11) is 1.62. The van der Waals surface area contributed by atoms with Crippen molar-refractivity contribution in [3.8, 4) is 17.2 Å². The number of fused-ring (bicyclic) bond motifs is 1. The number of ether oxygens (including phenoxy) is 2. The quantitative estimate of drug-likeness (QED) is 0.390. The van der Waals surface area contributed by atoms with E-state index in [0.29, 0.717) is 43.9 Å². The molecule has 9 heteroatoms. The normalized spacial score (nSPS) is 10.9. The van der Waals surface area contributed by atoms with Gasteiger partial charge in [-0.1, -0.05) is 12.1 Å². The molecule has 2 heterocycles. The standard InChI is InChI=1S/C25H27N5O4/c1-3-34-21-13-9-19(10-14-21)29-15-16-30-22(27-28-24(30)25(29)32)5-4-6-23(31)26-17-18-7-11-20(33-2)12-8-18/h7-16H,3-6,17H2,1-2H3,(H,26,31). The molecule has 0 saturated carbocycles. The molecule has 0 bridgehead atoms. The third kappa shape index (κ3) is 5.25. The molecule has 0 radical (unpaired) electrons. The van der Waals surface area contributed by atoms with Crippen molar-refractivity contribution in [2.75, 3.05) is 13.7 Å². The Morgan fingerprint density at radius 3 is 2.44 bits per heavy atom. The topological polar surface area (TPSA) is 99.8 Å². The van der Waals surface area contributed by atoms with Crippen LogP contribution in [0.4, 0.5) is 0 Å². The van der Waals surface area contributed by atoms with E-state index in [4.69, 9.17) is 9.47 Å². The van der Waals surface area contributed by atoms with Crippen LogP contribution in [0, 0.1) is 0 Å². The van der Waals surface area contributed by atoms with E-state index in [1.54, 1.807) is 23.9 Å². The summed E-state index contributed by atoms with van der Waals surface area (Å²) < 4.78 is 13.8. The van der Waals surface area contributed by atoms with Crippen LogP contribution in [-0.4, -0.2) is 38.8 Å². The third-order valence-corrected chi connectivity index (χ3v) is 5.42. The number of carbonyl (C=O) groups excluding carboxylic acids is 1. The van der Waals surface area contributed by atoms with Crippen LogP contribution < -0.4 is 20.3 Å². The summed E-state index contributed by atoms with van der Waals surface area (Å²) in [6.07, 6.45) is 4.95. The summed E-state index contributed by atoms with van der Waals surface area (Å²) in [6, 6.07) is 14.9. The number of benzene rings is 2. The van der Waals surface area contributed by atoms with Crippen LogP contribution in [0.1, 0.15) is 31.2 Å². The van der Waals surface area contributed by atoms with E-state index in [1.165, 1.54) is 4.57 Å². The van der Waals surface area contributed by atoms with Gasteiger partial charge in [0.2, 0.25) is 11.6 Å². The summed E-state index contributed by atoms with van der Waals surface area (Å²) in [6.45, 7) is 2.96. The molecule has 0 unspecified atom stereocenters. The van der Waals surface area contributed by atoms with Gasteiger partial charge in [-0.05, 0) is 55.3 Å². The Morgan fingerprint density at radius 2 is 1.74 bits per heavy atom. The van der Waals surface area contributed by atoms with Crippen molar-refractivity contribution in [1.29, 1.82) is 0 Å². The summed E-state index contributed by atoms with van der Waals surface area (Å²) in [4.78, 5) is 25.1. The lowest BCUT2D eigenvalue weighted by atomic mass is 10.2. The second kappa shape index (κ2) is 10.7. The number of nitrogens with one attached hydrogen (secondary N) is 1. The fourth-order valence-corrected chi connectivity index (χ4v) is 3.62. The average molecular weight is 462 g/mol. The van der Waals surface area contributed by atoms with Gasteiger partial charge < -0.3 is 14.8 Å². The molecule has 4 rings (SSSR count). The molecule has 4 aromatic rings. The second-order valence-corrected chi connectivity index (χ2v) is 7.69. The molecule has 0 aliphatic rings. The molecule has 2 aromatic heterocycles. The van der Waals surface area contributed by atoms with Crippen LogP contribution in [0.3, 0.4) is 0 Å². The van der Waals surface area contributed by atoms with Crippen molar-refractivity contribution < 1.29 is 14.3 Å². The Kier molecular flexibility index (Phi) is 7.22. The predicted molar refractivity (Wildman–Crippen MR) is 128 cm³/mol. The smallest absolute Gasteiger partial charge is 0.300 e. The maximum Gasteiger partial charge on any atom is 0.300 e. The molecular formula is C25H27N5O4. The van der Waals surface area contributed by atoms with Gasteiger partial charge in [-0.2, -0.15) is 0 Å². The zero-order valence-electron chi connectivity index (χ0n) is 19.2. The van der Waals surface area contributed by atoms with Crippen molar-refractivity contribution in [3.63, 3.8) is 0 Å². The van der Waals surface area contributed by atoms with E-state index in [9.17, 15) is 9.59 Å². The van der Waals surface area contributed by atoms with Crippen LogP contribution in [0.5, 0.6) is 11.5 Å². The van der Waals surface area contributed by atoms with E-state index in [1.807, 2.05) is 55.5 Å². The highest BCUT2D eigenvalue weighted by Crippen LogP contribution is 2.15. The molecular weight excluding hydrogens is 434 g/mol. The zero-order chi connectivity index (χ0) is 23.9. The second-order valence-electron chi connectivity index (χ2n) is 7.69. The van der Waals surface area contributed by atoms with E-state index < -0.39 is 0 Å². The molecule has 0 aliphatic heterocycles. The molecule has 176 valence electrons. The lowest BCUT2D eigenvalue weighted by Crippen LogP contribution is -2.22. The summed E-state index contributed by atoms with van der Waals surface area (Å²) in [5.41, 5.74) is 1.70. The fourth-order valence-electron chi connectivity index (χ4n) is 3.62. The van der Waals surface area contributed by atoms with Crippen LogP contribution >= 0.6 is 0 Å². The van der Waals surface area contributed by atoms with Gasteiger partial charge >= 0.3 is 5.56 Å². The Morgan fingerprint density at radius 1 is 1.00 bits per heavy atom. The van der Waals surface area contributed by atoms with Crippen LogP contribution in [0.15, 0.2) is 65.7 Å². The summed E-state index contributed by atoms with van der Waals surface area (Å²) >= 11 is 0. The highest BCUT2D eigenvalue weighted by Gasteiger charge is 2.12. The van der Waals surface area contributed by atoms with Gasteiger partial charge in [0.05, 0.1) is 13.7 Å². The van der Waals surface area contributed by atoms with Gasteiger partial charge in [0, 0.05) is 37.5 Å². The Balaban J connectivity index is 1.35. The number of aryl methyl sites for hydroxylation is 1. The minimum atomic E-state index is -0.261. The van der Waals surface area contributed by atoms with Gasteiger partial charge in [0.15, 0.2) is 0 Å². The van der Waals surface area contributed by atoms with Crippen molar-refractivity contribution in [2.45, 2.75) is 32.7 Å². The summed E-state index contributed by atoms with van der Waals surface area (Å²) in [5, 5.41) is 11.2. The van der Waals surface area contributed by atoms with Crippen LogP contribution in [-0.2, 0) is 17.8 Å². The summed E-state index contributed by atoms with van der Waals surface area (Å²) in [5.74, 6) is 2.14. The van der Waals surface area contributed by atoms with E-state index in [-0.39, 0.29) is 17.1 Å². The minimum Gasteiger partial charge on any atom is -0.497 e. The number of hydrogen-bond acceptors (Lipinski definition) is 6. The van der Waals surface area contributed by atoms with Crippen molar-refractivity contribution in [3.05, 3.63) is 82.7 Å². The number of amides is 1. The maximum atomic E-state index is 12.9. The number of aromatic nitrogens is 4. The number of rotatable bonds is 10. The molecule has 1 N–H and O–H groups in total. The number of nitrogens with zero attached hydrogens (tertiary/aromatic N) is 4.